The molecule has 3 rings (SSSR count). The Morgan fingerprint density at radius 2 is 1.78 bits per heavy atom. The van der Waals surface area contributed by atoms with Gasteiger partial charge in [-0.25, -0.2) is 9.18 Å². The highest BCUT2D eigenvalue weighted by atomic mass is 19.1. The van der Waals surface area contributed by atoms with Crippen molar-refractivity contribution in [2.24, 2.45) is 5.92 Å². The molecule has 4 N–H and O–H groups in total. The van der Waals surface area contributed by atoms with Crippen molar-refractivity contribution in [3.05, 3.63) is 77.4 Å². The predicted octanol–water partition coefficient (Wildman–Crippen LogP) is 4.92. The molecule has 36 heavy (non-hydrogen) atoms. The number of anilines is 2. The molecule has 0 bridgehead atoms. The summed E-state index contributed by atoms with van der Waals surface area (Å²) >= 11 is 0. The number of hydrogen-bond acceptors (Lipinski definition) is 5. The molecule has 1 atom stereocenters. The van der Waals surface area contributed by atoms with Gasteiger partial charge >= 0.3 is 12.0 Å². The SMILES string of the molecule is CC(C)CC(NC(=O)Cc1ccc(NC(=O)Nc2ccccc2F)cc1)c1cc(CCC(=O)O)on1. The molecule has 0 aliphatic carbocycles. The molecule has 1 heterocycles. The molecule has 2 aromatic carbocycles. The summed E-state index contributed by atoms with van der Waals surface area (Å²) in [5.74, 6) is -0.944. The second kappa shape index (κ2) is 12.5. The number of carbonyl (C=O) groups excluding carboxylic acids is 2. The third-order valence-electron chi connectivity index (χ3n) is 5.26. The van der Waals surface area contributed by atoms with Gasteiger partial charge in [-0.1, -0.05) is 43.3 Å². The molecule has 3 amide bonds. The highest BCUT2D eigenvalue weighted by Gasteiger charge is 2.21. The van der Waals surface area contributed by atoms with Crippen LogP contribution in [0.4, 0.5) is 20.6 Å². The molecule has 0 spiro atoms. The van der Waals surface area contributed by atoms with Crippen molar-refractivity contribution in [2.45, 2.75) is 45.6 Å². The van der Waals surface area contributed by atoms with E-state index in [2.05, 4.69) is 21.1 Å². The first-order valence-corrected chi connectivity index (χ1v) is 11.6. The first-order chi connectivity index (χ1) is 17.2. The number of halogens is 1. The second-order valence-corrected chi connectivity index (χ2v) is 8.79. The topological polar surface area (TPSA) is 134 Å². The number of para-hydroxylation sites is 1. The fourth-order valence-electron chi connectivity index (χ4n) is 3.55. The monoisotopic (exact) mass is 496 g/mol. The molecule has 0 radical (unpaired) electrons. The van der Waals surface area contributed by atoms with Crippen LogP contribution >= 0.6 is 0 Å². The van der Waals surface area contributed by atoms with Crippen LogP contribution in [0.5, 0.6) is 0 Å². The summed E-state index contributed by atoms with van der Waals surface area (Å²) in [6.07, 6.45) is 0.908. The molecule has 0 fully saturated rings. The van der Waals surface area contributed by atoms with E-state index in [1.165, 1.54) is 18.2 Å². The Hall–Kier alpha value is -4.21. The summed E-state index contributed by atoms with van der Waals surface area (Å²) < 4.78 is 18.9. The van der Waals surface area contributed by atoms with Crippen molar-refractivity contribution in [3.63, 3.8) is 0 Å². The lowest BCUT2D eigenvalue weighted by Crippen LogP contribution is -2.31. The van der Waals surface area contributed by atoms with Crippen LogP contribution < -0.4 is 16.0 Å². The van der Waals surface area contributed by atoms with E-state index in [1.807, 2.05) is 13.8 Å². The minimum atomic E-state index is -0.924. The van der Waals surface area contributed by atoms with E-state index < -0.39 is 17.8 Å². The number of nitrogens with one attached hydrogen (secondary N) is 3. The van der Waals surface area contributed by atoms with Gasteiger partial charge in [0, 0.05) is 18.2 Å². The van der Waals surface area contributed by atoms with E-state index in [1.54, 1.807) is 36.4 Å². The maximum Gasteiger partial charge on any atom is 0.323 e. The number of amides is 3. The van der Waals surface area contributed by atoms with Gasteiger partial charge in [0.1, 0.15) is 17.3 Å². The Balaban J connectivity index is 1.56. The van der Waals surface area contributed by atoms with Crippen LogP contribution in [0.15, 0.2) is 59.1 Å². The maximum atomic E-state index is 13.7. The second-order valence-electron chi connectivity index (χ2n) is 8.79. The van der Waals surface area contributed by atoms with Crippen LogP contribution in [0.3, 0.4) is 0 Å². The Labute approximate surface area is 208 Å². The van der Waals surface area contributed by atoms with Crippen molar-refractivity contribution < 1.29 is 28.4 Å². The lowest BCUT2D eigenvalue weighted by atomic mass is 10.00. The van der Waals surface area contributed by atoms with Crippen molar-refractivity contribution >= 4 is 29.3 Å². The van der Waals surface area contributed by atoms with Crippen molar-refractivity contribution in [3.8, 4) is 0 Å². The molecule has 190 valence electrons. The minimum Gasteiger partial charge on any atom is -0.481 e. The zero-order chi connectivity index (χ0) is 26.1. The summed E-state index contributed by atoms with van der Waals surface area (Å²) in [5.41, 5.74) is 1.85. The fraction of sp³-hybridized carbons (Fsp3) is 0.308. The van der Waals surface area contributed by atoms with Crippen molar-refractivity contribution in [1.82, 2.24) is 10.5 Å². The van der Waals surface area contributed by atoms with E-state index in [9.17, 15) is 18.8 Å². The predicted molar refractivity (Wildman–Crippen MR) is 132 cm³/mol. The van der Waals surface area contributed by atoms with Crippen LogP contribution in [0, 0.1) is 11.7 Å². The number of nitrogens with zero attached hydrogens (tertiary/aromatic N) is 1. The zero-order valence-electron chi connectivity index (χ0n) is 20.1. The highest BCUT2D eigenvalue weighted by Crippen LogP contribution is 2.22. The smallest absolute Gasteiger partial charge is 0.323 e. The van der Waals surface area contributed by atoms with Gasteiger partial charge in [0.2, 0.25) is 5.91 Å². The van der Waals surface area contributed by atoms with Gasteiger partial charge in [0.05, 0.1) is 24.6 Å². The largest absolute Gasteiger partial charge is 0.481 e. The molecule has 3 aromatic rings. The Morgan fingerprint density at radius 3 is 2.44 bits per heavy atom. The van der Waals surface area contributed by atoms with Gasteiger partial charge in [0.25, 0.3) is 0 Å². The normalized spacial score (nSPS) is 11.7. The number of carbonyl (C=O) groups is 3. The molecule has 0 saturated carbocycles. The number of carboxylic acid groups (broad SMARTS) is 1. The number of benzene rings is 2. The average molecular weight is 497 g/mol. The average Bonchev–Trinajstić information content (AvgIpc) is 3.29. The van der Waals surface area contributed by atoms with Crippen LogP contribution in [-0.2, 0) is 22.4 Å². The first-order valence-electron chi connectivity index (χ1n) is 11.6. The number of urea groups is 1. The van der Waals surface area contributed by atoms with E-state index in [-0.39, 0.29) is 42.8 Å². The summed E-state index contributed by atoms with van der Waals surface area (Å²) in [4.78, 5) is 35.6. The van der Waals surface area contributed by atoms with Gasteiger partial charge in [-0.3, -0.25) is 9.59 Å². The standard InChI is InChI=1S/C26H29FN4O5/c1-16(2)13-22(23-15-19(36-31-23)11-12-25(33)34)29-24(32)14-17-7-9-18(10-8-17)28-26(35)30-21-6-4-3-5-20(21)27/h3-10,15-16,22H,11-14H2,1-2H3,(H,29,32)(H,33,34)(H2,28,30,35). The number of aliphatic carboxylic acids is 1. The highest BCUT2D eigenvalue weighted by molar-refractivity contribution is 5.99. The quantitative estimate of drug-likeness (QED) is 0.298. The molecule has 0 aliphatic heterocycles. The molecule has 1 unspecified atom stereocenters. The Kier molecular flexibility index (Phi) is 9.15. The minimum absolute atomic E-state index is 0.0640. The summed E-state index contributed by atoms with van der Waals surface area (Å²) in [5, 5.41) is 20.9. The summed E-state index contributed by atoms with van der Waals surface area (Å²) in [6, 6.07) is 13.3. The summed E-state index contributed by atoms with van der Waals surface area (Å²) in [7, 11) is 0. The zero-order valence-corrected chi connectivity index (χ0v) is 20.1. The fourth-order valence-corrected chi connectivity index (χ4v) is 3.55. The van der Waals surface area contributed by atoms with Crippen LogP contribution in [0.2, 0.25) is 0 Å². The lowest BCUT2D eigenvalue weighted by Gasteiger charge is -2.18. The van der Waals surface area contributed by atoms with Gasteiger partial charge in [-0.15, -0.1) is 0 Å². The molecule has 0 saturated heterocycles. The molecular weight excluding hydrogens is 467 g/mol. The summed E-state index contributed by atoms with van der Waals surface area (Å²) in [6.45, 7) is 4.05. The Morgan fingerprint density at radius 1 is 1.06 bits per heavy atom. The Bertz CT molecular complexity index is 1190. The maximum absolute atomic E-state index is 13.7. The first kappa shape index (κ1) is 26.4. The third-order valence-corrected chi connectivity index (χ3v) is 5.26. The number of carboxylic acids is 1. The number of aromatic nitrogens is 1. The number of rotatable bonds is 11. The van der Waals surface area contributed by atoms with Gasteiger partial charge < -0.3 is 25.6 Å². The third kappa shape index (κ3) is 8.23. The van der Waals surface area contributed by atoms with Gasteiger partial charge in [0.15, 0.2) is 0 Å². The van der Waals surface area contributed by atoms with E-state index in [0.717, 1.165) is 5.56 Å². The van der Waals surface area contributed by atoms with Crippen molar-refractivity contribution in [2.75, 3.05) is 10.6 Å². The lowest BCUT2D eigenvalue weighted by molar-refractivity contribution is -0.137. The molecule has 0 aliphatic rings. The van der Waals surface area contributed by atoms with E-state index in [0.29, 0.717) is 23.6 Å². The van der Waals surface area contributed by atoms with Crippen molar-refractivity contribution in [1.29, 1.82) is 0 Å². The van der Waals surface area contributed by atoms with Gasteiger partial charge in [-0.2, -0.15) is 0 Å². The van der Waals surface area contributed by atoms with Crippen LogP contribution in [0.25, 0.3) is 0 Å². The van der Waals surface area contributed by atoms with E-state index >= 15 is 0 Å². The number of aryl methyl sites for hydroxylation is 1. The van der Waals surface area contributed by atoms with E-state index in [4.69, 9.17) is 9.63 Å². The number of hydrogen-bond donors (Lipinski definition) is 4. The molecular formula is C26H29FN4O5. The molecule has 9 nitrogen and oxygen atoms in total. The van der Waals surface area contributed by atoms with Gasteiger partial charge in [-0.05, 0) is 42.2 Å². The van der Waals surface area contributed by atoms with Crippen LogP contribution in [0.1, 0.15) is 49.7 Å². The molecule has 10 heteroatoms. The van der Waals surface area contributed by atoms with Crippen LogP contribution in [-0.4, -0.2) is 28.2 Å². The molecule has 1 aromatic heterocycles.